The second-order valence-electron chi connectivity index (χ2n) is 6.29. The average molecular weight is 433 g/mol. The largest absolute Gasteiger partial charge is 0.418 e. The van der Waals surface area contributed by atoms with Crippen molar-refractivity contribution in [3.05, 3.63) is 47.3 Å². The van der Waals surface area contributed by atoms with Crippen LogP contribution in [-0.4, -0.2) is 31.7 Å². The van der Waals surface area contributed by atoms with E-state index in [2.05, 4.69) is 10.9 Å². The molecule has 3 rings (SSSR count). The number of para-hydroxylation sites is 1. The number of piperidine rings is 1. The summed E-state index contributed by atoms with van der Waals surface area (Å²) in [7, 11) is -3.68. The van der Waals surface area contributed by atoms with Gasteiger partial charge in [-0.3, -0.25) is 15.6 Å². The number of rotatable bonds is 5. The van der Waals surface area contributed by atoms with Gasteiger partial charge in [-0.25, -0.2) is 8.42 Å². The van der Waals surface area contributed by atoms with E-state index in [-0.39, 0.29) is 16.4 Å². The molecule has 0 aliphatic carbocycles. The van der Waals surface area contributed by atoms with Gasteiger partial charge in [0.15, 0.2) is 0 Å². The molecule has 1 saturated heterocycles. The van der Waals surface area contributed by atoms with E-state index in [1.165, 1.54) is 28.6 Å². The van der Waals surface area contributed by atoms with Crippen LogP contribution < -0.4 is 10.9 Å². The Morgan fingerprint density at radius 2 is 1.93 bits per heavy atom. The van der Waals surface area contributed by atoms with Crippen molar-refractivity contribution in [1.29, 1.82) is 0 Å². The van der Waals surface area contributed by atoms with Gasteiger partial charge in [-0.1, -0.05) is 18.2 Å². The predicted molar refractivity (Wildman–Crippen MR) is 99.0 cm³/mol. The molecule has 1 fully saturated rings. The lowest BCUT2D eigenvalue weighted by molar-refractivity contribution is -0.137. The fourth-order valence-corrected chi connectivity index (χ4v) is 5.65. The molecule has 1 aromatic carbocycles. The van der Waals surface area contributed by atoms with E-state index in [1.807, 2.05) is 0 Å². The molecule has 0 saturated carbocycles. The van der Waals surface area contributed by atoms with E-state index in [4.69, 9.17) is 0 Å². The van der Waals surface area contributed by atoms with Crippen molar-refractivity contribution < 1.29 is 26.4 Å². The summed E-state index contributed by atoms with van der Waals surface area (Å²) in [4.78, 5) is 12.4. The zero-order valence-electron chi connectivity index (χ0n) is 14.6. The molecule has 6 nitrogen and oxygen atoms in total. The summed E-state index contributed by atoms with van der Waals surface area (Å²) in [6.07, 6.45) is -3.63. The molecule has 1 aromatic heterocycles. The van der Waals surface area contributed by atoms with Gasteiger partial charge in [-0.15, -0.1) is 11.3 Å². The molecule has 2 aromatic rings. The summed E-state index contributed by atoms with van der Waals surface area (Å²) < 4.78 is 65.7. The average Bonchev–Trinajstić information content (AvgIpc) is 3.21. The van der Waals surface area contributed by atoms with Crippen molar-refractivity contribution in [2.75, 3.05) is 18.5 Å². The highest BCUT2D eigenvalue weighted by Gasteiger charge is 2.35. The number of benzene rings is 1. The quantitative estimate of drug-likeness (QED) is 0.710. The third-order valence-corrected chi connectivity index (χ3v) is 7.64. The third kappa shape index (κ3) is 4.47. The molecule has 28 heavy (non-hydrogen) atoms. The summed E-state index contributed by atoms with van der Waals surface area (Å²) in [5.41, 5.74) is 3.41. The number of carbonyl (C=O) groups excluding carboxylic acids is 1. The molecule has 2 N–H and O–H groups in total. The third-order valence-electron chi connectivity index (χ3n) is 4.40. The van der Waals surface area contributed by atoms with Crippen LogP contribution in [0.4, 0.5) is 18.9 Å². The van der Waals surface area contributed by atoms with Gasteiger partial charge < -0.3 is 0 Å². The first kappa shape index (κ1) is 20.6. The summed E-state index contributed by atoms with van der Waals surface area (Å²) in [6.45, 7) is 0.281. The maximum atomic E-state index is 13.0. The highest BCUT2D eigenvalue weighted by Crippen LogP contribution is 2.34. The van der Waals surface area contributed by atoms with E-state index in [1.54, 1.807) is 11.4 Å². The van der Waals surface area contributed by atoms with Gasteiger partial charge in [-0.05, 0) is 36.4 Å². The minimum atomic E-state index is -4.56. The Kier molecular flexibility index (Phi) is 5.96. The lowest BCUT2D eigenvalue weighted by Gasteiger charge is -2.31. The normalized spacial score (nSPS) is 18.6. The topological polar surface area (TPSA) is 78.5 Å². The van der Waals surface area contributed by atoms with Crippen LogP contribution in [0, 0.1) is 5.92 Å². The number of nitrogens with zero attached hydrogens (tertiary/aromatic N) is 1. The molecule has 2 heterocycles. The van der Waals surface area contributed by atoms with Gasteiger partial charge >= 0.3 is 6.18 Å². The lowest BCUT2D eigenvalue weighted by atomic mass is 9.99. The zero-order chi connectivity index (χ0) is 20.4. The van der Waals surface area contributed by atoms with Crippen LogP contribution in [0.15, 0.2) is 46.0 Å². The van der Waals surface area contributed by atoms with Crippen LogP contribution in [0.3, 0.4) is 0 Å². The molecule has 1 aliphatic rings. The maximum Gasteiger partial charge on any atom is 0.418 e. The molecule has 11 heteroatoms. The Morgan fingerprint density at radius 3 is 2.61 bits per heavy atom. The standard InChI is InChI=1S/C17H18F3N3O3S2/c18-17(19,20)13-6-1-2-7-14(13)21-22-16(24)12-5-3-9-23(11-12)28(25,26)15-8-4-10-27-15/h1-2,4,6-8,10,12,21H,3,5,9,11H2,(H,22,24). The molecule has 152 valence electrons. The van der Waals surface area contributed by atoms with Crippen LogP contribution in [0.25, 0.3) is 0 Å². The van der Waals surface area contributed by atoms with Gasteiger partial charge in [0.2, 0.25) is 5.91 Å². The molecule has 1 atom stereocenters. The lowest BCUT2D eigenvalue weighted by Crippen LogP contribution is -2.46. The number of anilines is 1. The van der Waals surface area contributed by atoms with Gasteiger partial charge in [0, 0.05) is 13.1 Å². The van der Waals surface area contributed by atoms with Crippen LogP contribution in [-0.2, 0) is 21.0 Å². The summed E-state index contributed by atoms with van der Waals surface area (Å²) in [6, 6.07) is 7.92. The highest BCUT2D eigenvalue weighted by molar-refractivity contribution is 7.91. The van der Waals surface area contributed by atoms with E-state index < -0.39 is 33.6 Å². The molecule has 0 spiro atoms. The van der Waals surface area contributed by atoms with Gasteiger partial charge in [0.25, 0.3) is 10.0 Å². The highest BCUT2D eigenvalue weighted by atomic mass is 32.2. The van der Waals surface area contributed by atoms with Crippen molar-refractivity contribution in [2.24, 2.45) is 5.92 Å². The van der Waals surface area contributed by atoms with Crippen LogP contribution >= 0.6 is 11.3 Å². The molecule has 1 amide bonds. The first-order valence-electron chi connectivity index (χ1n) is 8.45. The monoisotopic (exact) mass is 433 g/mol. The van der Waals surface area contributed by atoms with Crippen molar-refractivity contribution in [3.63, 3.8) is 0 Å². The molecule has 0 bridgehead atoms. The number of hydrogen-bond acceptors (Lipinski definition) is 5. The number of carbonyl (C=O) groups is 1. The Labute approximate surface area is 164 Å². The van der Waals surface area contributed by atoms with Crippen molar-refractivity contribution in [2.45, 2.75) is 23.2 Å². The van der Waals surface area contributed by atoms with Crippen LogP contribution in [0.2, 0.25) is 0 Å². The number of hydrogen-bond donors (Lipinski definition) is 2. The first-order chi connectivity index (χ1) is 13.2. The van der Waals surface area contributed by atoms with E-state index in [0.717, 1.165) is 17.4 Å². The van der Waals surface area contributed by atoms with E-state index in [9.17, 15) is 26.4 Å². The van der Waals surface area contributed by atoms with E-state index in [0.29, 0.717) is 19.4 Å². The summed E-state index contributed by atoms with van der Waals surface area (Å²) in [5, 5.41) is 1.66. The van der Waals surface area contributed by atoms with Crippen molar-refractivity contribution in [3.8, 4) is 0 Å². The number of thiophene rings is 1. The Hall–Kier alpha value is -2.11. The fraction of sp³-hybridized carbons (Fsp3) is 0.353. The van der Waals surface area contributed by atoms with Crippen molar-refractivity contribution in [1.82, 2.24) is 9.73 Å². The Morgan fingerprint density at radius 1 is 1.18 bits per heavy atom. The molecule has 0 radical (unpaired) electrons. The number of alkyl halides is 3. The Bertz CT molecular complexity index is 931. The minimum absolute atomic E-state index is 0.0192. The van der Waals surface area contributed by atoms with E-state index >= 15 is 0 Å². The predicted octanol–water partition coefficient (Wildman–Crippen LogP) is 3.31. The van der Waals surface area contributed by atoms with Crippen LogP contribution in [0.1, 0.15) is 18.4 Å². The van der Waals surface area contributed by atoms with Gasteiger partial charge in [-0.2, -0.15) is 17.5 Å². The number of amides is 1. The zero-order valence-corrected chi connectivity index (χ0v) is 16.2. The van der Waals surface area contributed by atoms with Gasteiger partial charge in [0.1, 0.15) is 4.21 Å². The Balaban J connectivity index is 1.66. The molecule has 1 unspecified atom stereocenters. The molecule has 1 aliphatic heterocycles. The van der Waals surface area contributed by atoms with Gasteiger partial charge in [0.05, 0.1) is 17.2 Å². The second-order valence-corrected chi connectivity index (χ2v) is 9.40. The summed E-state index contributed by atoms with van der Waals surface area (Å²) in [5.74, 6) is -1.21. The summed E-state index contributed by atoms with van der Waals surface area (Å²) >= 11 is 1.10. The fourth-order valence-electron chi connectivity index (χ4n) is 2.98. The first-order valence-corrected chi connectivity index (χ1v) is 10.8. The number of sulfonamides is 1. The molecular formula is C17H18F3N3O3S2. The number of hydrazine groups is 1. The van der Waals surface area contributed by atoms with Crippen molar-refractivity contribution >= 4 is 33.0 Å². The number of nitrogens with one attached hydrogen (secondary N) is 2. The maximum absolute atomic E-state index is 13.0. The minimum Gasteiger partial charge on any atom is -0.298 e. The smallest absolute Gasteiger partial charge is 0.298 e. The SMILES string of the molecule is O=C(NNc1ccccc1C(F)(F)F)C1CCCN(S(=O)(=O)c2cccs2)C1. The second kappa shape index (κ2) is 8.10. The van der Waals surface area contributed by atoms with Crippen LogP contribution in [0.5, 0.6) is 0 Å². The molecular weight excluding hydrogens is 415 g/mol. The number of halogens is 3.